The summed E-state index contributed by atoms with van der Waals surface area (Å²) in [5, 5.41) is 0. The van der Waals surface area contributed by atoms with Gasteiger partial charge in [0, 0.05) is 18.9 Å². The van der Waals surface area contributed by atoms with Crippen molar-refractivity contribution in [2.45, 2.75) is 5.78 Å². The van der Waals surface area contributed by atoms with Gasteiger partial charge < -0.3 is 0 Å². The molecule has 2 saturated heterocycles. The first kappa shape index (κ1) is 5.08. The van der Waals surface area contributed by atoms with E-state index in [2.05, 4.69) is 17.9 Å². The van der Waals surface area contributed by atoms with Gasteiger partial charge in [-0.05, 0) is 12.8 Å². The normalized spacial score (nSPS) is 53.9. The molecule has 0 bridgehead atoms. The zero-order chi connectivity index (χ0) is 5.78. The molecular formula is C6H12NP. The van der Waals surface area contributed by atoms with Crippen molar-refractivity contribution in [3.63, 3.8) is 0 Å². The lowest BCUT2D eigenvalue weighted by Crippen LogP contribution is -1.97. The van der Waals surface area contributed by atoms with Gasteiger partial charge in [0.05, 0.1) is 0 Å². The third-order valence-electron chi connectivity index (χ3n) is 2.07. The van der Waals surface area contributed by atoms with Crippen molar-refractivity contribution in [3.8, 4) is 0 Å². The second-order valence-corrected chi connectivity index (χ2v) is 7.10. The summed E-state index contributed by atoms with van der Waals surface area (Å²) in [4.78, 5) is 2.54. The molecule has 2 atom stereocenters. The van der Waals surface area contributed by atoms with Crippen LogP contribution in [0.1, 0.15) is 0 Å². The lowest BCUT2D eigenvalue weighted by Gasteiger charge is -1.94. The van der Waals surface area contributed by atoms with Crippen LogP contribution >= 0.6 is 6.89 Å². The highest BCUT2D eigenvalue weighted by molar-refractivity contribution is 7.80. The Hall–Kier alpha value is 0.260. The van der Waals surface area contributed by atoms with Crippen molar-refractivity contribution >= 4 is 13.2 Å². The Bertz CT molecular complexity index is 160. The minimum atomic E-state index is -0.567. The summed E-state index contributed by atoms with van der Waals surface area (Å²) in [5.41, 5.74) is 0. The predicted octanol–water partition coefficient (Wildman–Crippen LogP) is 0.721. The van der Waals surface area contributed by atoms with E-state index in [1.54, 1.807) is 0 Å². The van der Waals surface area contributed by atoms with Gasteiger partial charge in [-0.25, -0.2) is 0 Å². The molecular weight excluding hydrogens is 117 g/mol. The Morgan fingerprint density at radius 3 is 2.25 bits per heavy atom. The van der Waals surface area contributed by atoms with Gasteiger partial charge in [-0.2, -0.15) is 0 Å². The molecule has 0 aromatic rings. The molecule has 2 heterocycles. The van der Waals surface area contributed by atoms with E-state index in [0.29, 0.717) is 0 Å². The van der Waals surface area contributed by atoms with Crippen molar-refractivity contribution in [2.24, 2.45) is 0 Å². The van der Waals surface area contributed by atoms with Crippen LogP contribution in [0.15, 0.2) is 0 Å². The van der Waals surface area contributed by atoms with Crippen LogP contribution in [0.5, 0.6) is 0 Å². The monoisotopic (exact) mass is 129 g/mol. The Balaban J connectivity index is 2.05. The molecule has 2 aliphatic heterocycles. The third-order valence-corrected chi connectivity index (χ3v) is 4.73. The zero-order valence-corrected chi connectivity index (χ0v) is 6.19. The molecule has 8 heavy (non-hydrogen) atoms. The molecule has 0 aromatic heterocycles. The first-order valence-electron chi connectivity index (χ1n) is 3.14. The zero-order valence-electron chi connectivity index (χ0n) is 5.30. The van der Waals surface area contributed by atoms with E-state index < -0.39 is 6.89 Å². The van der Waals surface area contributed by atoms with Gasteiger partial charge in [0.15, 0.2) is 0 Å². The molecule has 1 nitrogen and oxygen atoms in total. The molecule has 0 amide bonds. The standard InChI is InChI=1S/C6H12NP/c1-8(2)5-6(8)7-3-4-7/h6H,1,3-5H2,2H3. The Kier molecular flexibility index (Phi) is 0.775. The molecule has 0 radical (unpaired) electrons. The second-order valence-electron chi connectivity index (χ2n) is 3.18. The van der Waals surface area contributed by atoms with Crippen LogP contribution in [0, 0.1) is 0 Å². The van der Waals surface area contributed by atoms with Crippen LogP contribution in [0.2, 0.25) is 0 Å². The number of rotatable bonds is 1. The smallest absolute Gasteiger partial charge is 0.0327 e. The molecule has 0 aliphatic carbocycles. The van der Waals surface area contributed by atoms with Gasteiger partial charge in [0.1, 0.15) is 0 Å². The van der Waals surface area contributed by atoms with E-state index in [-0.39, 0.29) is 0 Å². The lowest BCUT2D eigenvalue weighted by molar-refractivity contribution is 0.591. The minimum absolute atomic E-state index is 0.567. The van der Waals surface area contributed by atoms with Crippen LogP contribution in [-0.4, -0.2) is 42.9 Å². The van der Waals surface area contributed by atoms with Crippen molar-refractivity contribution < 1.29 is 0 Å². The fourth-order valence-corrected chi connectivity index (χ4v) is 3.93. The summed E-state index contributed by atoms with van der Waals surface area (Å²) in [6.45, 7) is 4.50. The molecule has 0 spiro atoms. The Morgan fingerprint density at radius 2 is 2.12 bits per heavy atom. The van der Waals surface area contributed by atoms with Gasteiger partial charge in [-0.1, -0.05) is 13.2 Å². The van der Waals surface area contributed by atoms with E-state index >= 15 is 0 Å². The highest BCUT2D eigenvalue weighted by atomic mass is 31.2. The summed E-state index contributed by atoms with van der Waals surface area (Å²) >= 11 is 0. The molecule has 2 unspecified atom stereocenters. The fourth-order valence-electron chi connectivity index (χ4n) is 1.19. The molecule has 2 heteroatoms. The van der Waals surface area contributed by atoms with Crippen LogP contribution < -0.4 is 0 Å². The maximum Gasteiger partial charge on any atom is 0.0327 e. The number of hydrogen-bond acceptors (Lipinski definition) is 1. The van der Waals surface area contributed by atoms with Crippen LogP contribution in [0.4, 0.5) is 0 Å². The molecule has 2 rings (SSSR count). The molecule has 0 N–H and O–H groups in total. The van der Waals surface area contributed by atoms with E-state index in [1.165, 1.54) is 19.3 Å². The fraction of sp³-hybridized carbons (Fsp3) is 0.833. The Labute approximate surface area is 50.7 Å². The van der Waals surface area contributed by atoms with Crippen molar-refractivity contribution in [1.82, 2.24) is 4.90 Å². The van der Waals surface area contributed by atoms with Crippen LogP contribution in [-0.2, 0) is 0 Å². The summed E-state index contributed by atoms with van der Waals surface area (Å²) in [7, 11) is 0. The average molecular weight is 129 g/mol. The van der Waals surface area contributed by atoms with Gasteiger partial charge in [-0.3, -0.25) is 4.90 Å². The summed E-state index contributed by atoms with van der Waals surface area (Å²) in [6.07, 6.45) is 5.63. The topological polar surface area (TPSA) is 3.01 Å². The predicted molar refractivity (Wildman–Crippen MR) is 40.2 cm³/mol. The lowest BCUT2D eigenvalue weighted by atomic mass is 10.8. The maximum atomic E-state index is 4.19. The van der Waals surface area contributed by atoms with Gasteiger partial charge in [0.25, 0.3) is 0 Å². The highest BCUT2D eigenvalue weighted by Crippen LogP contribution is 2.66. The third kappa shape index (κ3) is 0.655. The van der Waals surface area contributed by atoms with Crippen molar-refractivity contribution in [3.05, 3.63) is 0 Å². The second kappa shape index (κ2) is 1.22. The molecule has 2 aliphatic rings. The summed E-state index contributed by atoms with van der Waals surface area (Å²) in [6, 6.07) is 0. The van der Waals surface area contributed by atoms with Crippen molar-refractivity contribution in [2.75, 3.05) is 25.9 Å². The molecule has 0 aromatic carbocycles. The van der Waals surface area contributed by atoms with Gasteiger partial charge in [0.2, 0.25) is 0 Å². The number of nitrogens with zero attached hydrogens (tertiary/aromatic N) is 1. The minimum Gasteiger partial charge on any atom is -0.294 e. The van der Waals surface area contributed by atoms with Crippen molar-refractivity contribution in [1.29, 1.82) is 0 Å². The van der Waals surface area contributed by atoms with Crippen LogP contribution in [0.25, 0.3) is 0 Å². The van der Waals surface area contributed by atoms with Gasteiger partial charge >= 0.3 is 0 Å². The van der Waals surface area contributed by atoms with Gasteiger partial charge in [-0.15, -0.1) is 0 Å². The highest BCUT2D eigenvalue weighted by Gasteiger charge is 2.46. The maximum absolute atomic E-state index is 4.19. The SMILES string of the molecule is C=P1(C)CC1N1CC1. The molecule has 2 fully saturated rings. The van der Waals surface area contributed by atoms with E-state index in [9.17, 15) is 0 Å². The Morgan fingerprint density at radius 1 is 1.62 bits per heavy atom. The number of hydrogen-bond donors (Lipinski definition) is 0. The molecule has 0 saturated carbocycles. The van der Waals surface area contributed by atoms with Crippen LogP contribution in [0.3, 0.4) is 0 Å². The first-order valence-corrected chi connectivity index (χ1v) is 5.81. The van der Waals surface area contributed by atoms with E-state index in [0.717, 1.165) is 5.78 Å². The summed E-state index contributed by atoms with van der Waals surface area (Å²) in [5.74, 6) is 0.961. The first-order chi connectivity index (χ1) is 3.70. The van der Waals surface area contributed by atoms with E-state index in [1.807, 2.05) is 0 Å². The molecule has 46 valence electrons. The average Bonchev–Trinajstić information content (AvgIpc) is 2.37. The van der Waals surface area contributed by atoms with E-state index in [4.69, 9.17) is 0 Å². The quantitative estimate of drug-likeness (QED) is 0.372. The summed E-state index contributed by atoms with van der Waals surface area (Å²) < 4.78 is 0. The largest absolute Gasteiger partial charge is 0.294 e.